The van der Waals surface area contributed by atoms with E-state index in [1.54, 1.807) is 12.5 Å². The second-order valence-electron chi connectivity index (χ2n) is 7.84. The maximum absolute atomic E-state index is 12.7. The molecule has 166 valence electrons. The molecule has 1 atom stereocenters. The zero-order valence-electron chi connectivity index (χ0n) is 18.4. The normalized spacial score (nSPS) is 17.0. The summed E-state index contributed by atoms with van der Waals surface area (Å²) in [4.78, 5) is 23.5. The topological polar surface area (TPSA) is 71.8 Å². The van der Waals surface area contributed by atoms with Gasteiger partial charge in [-0.15, -0.1) is 0 Å². The van der Waals surface area contributed by atoms with Gasteiger partial charge in [-0.05, 0) is 49.2 Å². The molecule has 0 bridgehead atoms. The first kappa shape index (κ1) is 21.6. The van der Waals surface area contributed by atoms with Gasteiger partial charge in [-0.2, -0.15) is 0 Å². The SMILES string of the molecule is CCCCC1C(=Nc2ccc(Oc3ccccc3)cc2)NC(=O)N1CCCn1ccnc1. The number of hydrogen-bond donors (Lipinski definition) is 1. The zero-order valence-corrected chi connectivity index (χ0v) is 18.4. The van der Waals surface area contributed by atoms with Crippen molar-refractivity contribution >= 4 is 17.6 Å². The number of benzene rings is 2. The highest BCUT2D eigenvalue weighted by Gasteiger charge is 2.35. The highest BCUT2D eigenvalue weighted by Crippen LogP contribution is 2.25. The number of aliphatic imine (C=N–C) groups is 1. The van der Waals surface area contributed by atoms with Crippen LogP contribution in [0.3, 0.4) is 0 Å². The Morgan fingerprint density at radius 1 is 1.03 bits per heavy atom. The van der Waals surface area contributed by atoms with Crippen molar-refractivity contribution in [1.82, 2.24) is 19.8 Å². The summed E-state index contributed by atoms with van der Waals surface area (Å²) in [5.41, 5.74) is 0.794. The molecule has 1 aliphatic rings. The third-order valence-electron chi connectivity index (χ3n) is 5.46. The van der Waals surface area contributed by atoms with Crippen LogP contribution in [0.15, 0.2) is 78.3 Å². The second kappa shape index (κ2) is 10.6. The molecule has 2 heterocycles. The van der Waals surface area contributed by atoms with E-state index in [-0.39, 0.29) is 12.1 Å². The van der Waals surface area contributed by atoms with Gasteiger partial charge in [0.25, 0.3) is 0 Å². The van der Waals surface area contributed by atoms with E-state index in [1.807, 2.05) is 70.3 Å². The highest BCUT2D eigenvalue weighted by atomic mass is 16.5. The number of carbonyl (C=O) groups is 1. The molecule has 2 aromatic carbocycles. The zero-order chi connectivity index (χ0) is 22.2. The lowest BCUT2D eigenvalue weighted by molar-refractivity contribution is 0.201. The predicted octanol–water partition coefficient (Wildman–Crippen LogP) is 5.38. The molecule has 1 aromatic heterocycles. The minimum atomic E-state index is -0.0699. The number of imidazole rings is 1. The van der Waals surface area contributed by atoms with Gasteiger partial charge in [-0.1, -0.05) is 38.0 Å². The third-order valence-corrected chi connectivity index (χ3v) is 5.46. The molecule has 0 aliphatic carbocycles. The van der Waals surface area contributed by atoms with Crippen LogP contribution in [0.2, 0.25) is 0 Å². The van der Waals surface area contributed by atoms with Gasteiger partial charge in [0, 0.05) is 25.5 Å². The predicted molar refractivity (Wildman–Crippen MR) is 125 cm³/mol. The first-order valence-corrected chi connectivity index (χ1v) is 11.2. The highest BCUT2D eigenvalue weighted by molar-refractivity contribution is 6.08. The number of amidine groups is 1. The summed E-state index contributed by atoms with van der Waals surface area (Å²) in [5.74, 6) is 2.27. The number of aryl methyl sites for hydroxylation is 1. The summed E-state index contributed by atoms with van der Waals surface area (Å²) in [7, 11) is 0. The van der Waals surface area contributed by atoms with Crippen LogP contribution in [0.25, 0.3) is 0 Å². The molecule has 32 heavy (non-hydrogen) atoms. The molecule has 1 fully saturated rings. The van der Waals surface area contributed by atoms with E-state index in [1.165, 1.54) is 0 Å². The Hall–Kier alpha value is -3.61. The minimum absolute atomic E-state index is 0.0227. The van der Waals surface area contributed by atoms with Crippen LogP contribution < -0.4 is 10.1 Å². The van der Waals surface area contributed by atoms with Gasteiger partial charge in [0.15, 0.2) is 0 Å². The fourth-order valence-electron chi connectivity index (χ4n) is 3.80. The van der Waals surface area contributed by atoms with Crippen LogP contribution in [0.5, 0.6) is 11.5 Å². The van der Waals surface area contributed by atoms with Crippen molar-refractivity contribution in [1.29, 1.82) is 0 Å². The Morgan fingerprint density at radius 2 is 1.81 bits per heavy atom. The molecule has 0 spiro atoms. The standard InChI is InChI=1S/C25H29N5O2/c1-2-3-10-23-24(28-25(31)30(23)17-7-16-29-18-15-26-19-29)27-20-11-13-22(14-12-20)32-21-8-5-4-6-9-21/h4-6,8-9,11-15,18-19,23H,2-3,7,10,16-17H2,1H3,(H,27,28,31). The van der Waals surface area contributed by atoms with Crippen LogP contribution in [-0.2, 0) is 6.54 Å². The van der Waals surface area contributed by atoms with Gasteiger partial charge >= 0.3 is 6.03 Å². The van der Waals surface area contributed by atoms with Crippen LogP contribution in [0.1, 0.15) is 32.6 Å². The van der Waals surface area contributed by atoms with Crippen molar-refractivity contribution in [2.75, 3.05) is 6.54 Å². The van der Waals surface area contributed by atoms with E-state index in [9.17, 15) is 4.79 Å². The van der Waals surface area contributed by atoms with E-state index in [0.29, 0.717) is 6.54 Å². The molecule has 1 N–H and O–H groups in total. The molecule has 1 saturated heterocycles. The number of para-hydroxylation sites is 1. The van der Waals surface area contributed by atoms with E-state index in [0.717, 1.165) is 55.3 Å². The maximum atomic E-state index is 12.7. The monoisotopic (exact) mass is 431 g/mol. The largest absolute Gasteiger partial charge is 0.457 e. The number of amides is 2. The molecule has 1 unspecified atom stereocenters. The van der Waals surface area contributed by atoms with Crippen LogP contribution in [0, 0.1) is 0 Å². The van der Waals surface area contributed by atoms with Crippen LogP contribution in [-0.4, -0.2) is 38.9 Å². The number of ether oxygens (including phenoxy) is 1. The fourth-order valence-corrected chi connectivity index (χ4v) is 3.80. The second-order valence-corrected chi connectivity index (χ2v) is 7.84. The average Bonchev–Trinajstić information content (AvgIpc) is 3.43. The molecule has 2 amide bonds. The van der Waals surface area contributed by atoms with Crippen molar-refractivity contribution in [3.63, 3.8) is 0 Å². The number of nitrogens with one attached hydrogen (secondary N) is 1. The van der Waals surface area contributed by atoms with Gasteiger partial charge in [0.1, 0.15) is 17.3 Å². The summed E-state index contributed by atoms with van der Waals surface area (Å²) < 4.78 is 7.88. The smallest absolute Gasteiger partial charge is 0.323 e. The van der Waals surface area contributed by atoms with Crippen molar-refractivity contribution in [2.24, 2.45) is 4.99 Å². The van der Waals surface area contributed by atoms with Gasteiger partial charge in [0.2, 0.25) is 0 Å². The minimum Gasteiger partial charge on any atom is -0.457 e. The van der Waals surface area contributed by atoms with Crippen LogP contribution in [0.4, 0.5) is 10.5 Å². The number of rotatable bonds is 10. The first-order valence-electron chi connectivity index (χ1n) is 11.2. The van der Waals surface area contributed by atoms with E-state index in [2.05, 4.69) is 17.2 Å². The molecular formula is C25H29N5O2. The summed E-state index contributed by atoms with van der Waals surface area (Å²) in [6.07, 6.45) is 9.40. The molecule has 7 nitrogen and oxygen atoms in total. The van der Waals surface area contributed by atoms with Gasteiger partial charge < -0.3 is 14.2 Å². The quantitative estimate of drug-likeness (QED) is 0.468. The van der Waals surface area contributed by atoms with E-state index >= 15 is 0 Å². The molecule has 4 rings (SSSR count). The summed E-state index contributed by atoms with van der Waals surface area (Å²) in [6.45, 7) is 3.68. The summed E-state index contributed by atoms with van der Waals surface area (Å²) >= 11 is 0. The molecule has 1 aliphatic heterocycles. The number of aromatic nitrogens is 2. The molecular weight excluding hydrogens is 402 g/mol. The molecule has 7 heteroatoms. The van der Waals surface area contributed by atoms with E-state index < -0.39 is 0 Å². The molecule has 0 radical (unpaired) electrons. The Labute approximate surface area is 188 Å². The summed E-state index contributed by atoms with van der Waals surface area (Å²) in [5, 5.41) is 3.00. The lowest BCUT2D eigenvalue weighted by Gasteiger charge is -2.23. The van der Waals surface area contributed by atoms with Gasteiger partial charge in [-0.3, -0.25) is 5.32 Å². The van der Waals surface area contributed by atoms with Crippen molar-refractivity contribution < 1.29 is 9.53 Å². The van der Waals surface area contributed by atoms with Gasteiger partial charge in [-0.25, -0.2) is 14.8 Å². The van der Waals surface area contributed by atoms with Crippen molar-refractivity contribution in [2.45, 2.75) is 45.2 Å². The lowest BCUT2D eigenvalue weighted by atomic mass is 10.1. The first-order chi connectivity index (χ1) is 15.7. The van der Waals surface area contributed by atoms with E-state index in [4.69, 9.17) is 9.73 Å². The number of urea groups is 1. The number of carbonyl (C=O) groups excluding carboxylic acids is 1. The Balaban J connectivity index is 1.43. The van der Waals surface area contributed by atoms with Gasteiger partial charge in [0.05, 0.1) is 18.1 Å². The Kier molecular flexibility index (Phi) is 7.17. The number of hydrogen-bond acceptors (Lipinski definition) is 4. The molecule has 0 saturated carbocycles. The lowest BCUT2D eigenvalue weighted by Crippen LogP contribution is -2.36. The Morgan fingerprint density at radius 3 is 2.53 bits per heavy atom. The third kappa shape index (κ3) is 5.55. The summed E-state index contributed by atoms with van der Waals surface area (Å²) in [6, 6.07) is 17.2. The average molecular weight is 432 g/mol. The fraction of sp³-hybridized carbons (Fsp3) is 0.320. The number of nitrogens with zero attached hydrogens (tertiary/aromatic N) is 4. The van der Waals surface area contributed by atoms with Crippen molar-refractivity contribution in [3.05, 3.63) is 73.3 Å². The van der Waals surface area contributed by atoms with Crippen LogP contribution >= 0.6 is 0 Å². The number of unbranched alkanes of at least 4 members (excludes halogenated alkanes) is 1. The molecule has 3 aromatic rings. The maximum Gasteiger partial charge on any atom is 0.323 e. The Bertz CT molecular complexity index is 1020. The van der Waals surface area contributed by atoms with Crippen molar-refractivity contribution in [3.8, 4) is 11.5 Å².